The maximum atomic E-state index is 10.8. The van der Waals surface area contributed by atoms with Gasteiger partial charge in [0.05, 0.1) is 6.42 Å². The Hall–Kier alpha value is -1.36. The van der Waals surface area contributed by atoms with Gasteiger partial charge in [-0.1, -0.05) is 6.58 Å². The van der Waals surface area contributed by atoms with E-state index >= 15 is 0 Å². The molecule has 13 heavy (non-hydrogen) atoms. The summed E-state index contributed by atoms with van der Waals surface area (Å²) < 4.78 is 0. The van der Waals surface area contributed by atoms with Gasteiger partial charge in [-0.15, -0.1) is 0 Å². The highest BCUT2D eigenvalue weighted by molar-refractivity contribution is 5.87. The molecule has 0 aliphatic carbocycles. The highest BCUT2D eigenvalue weighted by Crippen LogP contribution is 2.08. The maximum Gasteiger partial charge on any atom is 0.302 e. The molecule has 0 aromatic heterocycles. The summed E-state index contributed by atoms with van der Waals surface area (Å²) in [6.07, 6.45) is 0.917. The molecule has 0 aliphatic rings. The molecule has 1 amide bonds. The summed E-state index contributed by atoms with van der Waals surface area (Å²) in [6, 6.07) is 0. The summed E-state index contributed by atoms with van der Waals surface area (Å²) in [7, 11) is 0. The van der Waals surface area contributed by atoms with E-state index in [1.165, 1.54) is 0 Å². The normalized spacial score (nSPS) is 10.4. The van der Waals surface area contributed by atoms with Gasteiger partial charge >= 0.3 is 5.97 Å². The fourth-order valence-electron chi connectivity index (χ4n) is 0.819. The van der Waals surface area contributed by atoms with E-state index in [0.717, 1.165) is 6.08 Å². The first kappa shape index (κ1) is 11.6. The average molecular weight is 186 g/mol. The number of rotatable bonds is 4. The summed E-state index contributed by atoms with van der Waals surface area (Å²) in [5.74, 6) is -1.31. The zero-order valence-electron chi connectivity index (χ0n) is 7.62. The monoisotopic (exact) mass is 186 g/mol. The van der Waals surface area contributed by atoms with Gasteiger partial charge in [0.1, 0.15) is 0 Å². The second kappa shape index (κ2) is 4.61. The number of hydrogen-bond donors (Lipinski definition) is 1. The molecule has 0 unspecified atom stereocenters. The van der Waals surface area contributed by atoms with Gasteiger partial charge in [0.15, 0.2) is 0 Å². The molecule has 5 nitrogen and oxygen atoms in total. The molecule has 0 saturated carbocycles. The molecule has 0 rings (SSSR count). The van der Waals surface area contributed by atoms with E-state index in [0.29, 0.717) is 0 Å². The van der Waals surface area contributed by atoms with Crippen molar-refractivity contribution < 1.29 is 19.7 Å². The third-order valence-corrected chi connectivity index (χ3v) is 1.33. The van der Waals surface area contributed by atoms with Crippen LogP contribution in [0.1, 0.15) is 20.3 Å². The van der Waals surface area contributed by atoms with Crippen molar-refractivity contribution in [1.82, 2.24) is 5.32 Å². The lowest BCUT2D eigenvalue weighted by Gasteiger charge is -2.24. The number of hydrogen-bond acceptors (Lipinski definition) is 4. The maximum absolute atomic E-state index is 10.8. The minimum absolute atomic E-state index is 0.171. The molecular weight excluding hydrogens is 174 g/mol. The van der Waals surface area contributed by atoms with Gasteiger partial charge in [-0.05, 0) is 19.9 Å². The lowest BCUT2D eigenvalue weighted by molar-refractivity contribution is -0.657. The van der Waals surface area contributed by atoms with E-state index in [1.54, 1.807) is 13.8 Å². The summed E-state index contributed by atoms with van der Waals surface area (Å²) in [5, 5.41) is 12.2. The Bertz CT molecular complexity index is 222. The topological polar surface area (TPSA) is 78.5 Å². The second-order valence-corrected chi connectivity index (χ2v) is 3.21. The van der Waals surface area contributed by atoms with Crippen molar-refractivity contribution in [2.45, 2.75) is 25.8 Å². The quantitative estimate of drug-likeness (QED) is 0.357. The van der Waals surface area contributed by atoms with E-state index in [2.05, 4.69) is 16.8 Å². The van der Waals surface area contributed by atoms with Gasteiger partial charge < -0.3 is 15.5 Å². The molecule has 0 spiro atoms. The largest absolute Gasteiger partial charge is 0.662 e. The van der Waals surface area contributed by atoms with Gasteiger partial charge in [0.2, 0.25) is 5.91 Å². The van der Waals surface area contributed by atoms with Crippen LogP contribution in [0.2, 0.25) is 0 Å². The van der Waals surface area contributed by atoms with Crippen molar-refractivity contribution in [3.63, 3.8) is 0 Å². The van der Waals surface area contributed by atoms with Gasteiger partial charge in [-0.2, -0.15) is 0 Å². The SMILES string of the molecule is C=CC(=O)NC(C)(C)CC(=O)O[O-]. The Kier molecular flexibility index (Phi) is 4.13. The molecule has 0 bridgehead atoms. The van der Waals surface area contributed by atoms with Crippen LogP contribution in [-0.4, -0.2) is 17.4 Å². The highest BCUT2D eigenvalue weighted by atomic mass is 17.1. The van der Waals surface area contributed by atoms with Gasteiger partial charge in [-0.3, -0.25) is 9.59 Å². The van der Waals surface area contributed by atoms with Crippen LogP contribution in [0, 0.1) is 0 Å². The standard InChI is InChI=1S/C8H13NO4/c1-4-6(10)9-8(2,3)5-7(11)13-12/h4,12H,1,5H2,2-3H3,(H,9,10)/p-1. The third kappa shape index (κ3) is 4.97. The summed E-state index contributed by atoms with van der Waals surface area (Å²) in [4.78, 5) is 24.7. The van der Waals surface area contributed by atoms with Crippen LogP contribution in [0.25, 0.3) is 0 Å². The van der Waals surface area contributed by atoms with Crippen molar-refractivity contribution in [3.05, 3.63) is 12.7 Å². The fraction of sp³-hybridized carbons (Fsp3) is 0.500. The molecule has 0 heterocycles. The molecule has 74 valence electrons. The molecule has 1 N–H and O–H groups in total. The van der Waals surface area contributed by atoms with Crippen molar-refractivity contribution in [2.24, 2.45) is 0 Å². The van der Waals surface area contributed by atoms with Crippen molar-refractivity contribution >= 4 is 11.9 Å². The van der Waals surface area contributed by atoms with Crippen LogP contribution in [-0.2, 0) is 14.5 Å². The Morgan fingerprint density at radius 1 is 1.62 bits per heavy atom. The Balaban J connectivity index is 4.14. The van der Waals surface area contributed by atoms with Gasteiger partial charge in [0, 0.05) is 5.54 Å². The molecule has 0 aromatic rings. The van der Waals surface area contributed by atoms with Crippen LogP contribution in [0.4, 0.5) is 0 Å². The zero-order chi connectivity index (χ0) is 10.5. The van der Waals surface area contributed by atoms with Crippen LogP contribution >= 0.6 is 0 Å². The molecule has 0 fully saturated rings. The van der Waals surface area contributed by atoms with Crippen LogP contribution < -0.4 is 10.6 Å². The Morgan fingerprint density at radius 2 is 2.15 bits per heavy atom. The lowest BCUT2D eigenvalue weighted by Crippen LogP contribution is -2.44. The van der Waals surface area contributed by atoms with E-state index < -0.39 is 17.4 Å². The molecule has 0 saturated heterocycles. The first-order valence-corrected chi connectivity index (χ1v) is 3.68. The van der Waals surface area contributed by atoms with E-state index in [9.17, 15) is 14.8 Å². The predicted octanol–water partition coefficient (Wildman–Crippen LogP) is -0.724. The van der Waals surface area contributed by atoms with E-state index in [-0.39, 0.29) is 6.42 Å². The Labute approximate surface area is 76.3 Å². The van der Waals surface area contributed by atoms with Crippen molar-refractivity contribution in [3.8, 4) is 0 Å². The lowest BCUT2D eigenvalue weighted by atomic mass is 10.0. The first-order valence-electron chi connectivity index (χ1n) is 3.68. The minimum Gasteiger partial charge on any atom is -0.662 e. The molecule has 5 heteroatoms. The van der Waals surface area contributed by atoms with E-state index in [1.807, 2.05) is 0 Å². The second-order valence-electron chi connectivity index (χ2n) is 3.21. The average Bonchev–Trinajstić information content (AvgIpc) is 2.02. The third-order valence-electron chi connectivity index (χ3n) is 1.33. The minimum atomic E-state index is -0.908. The van der Waals surface area contributed by atoms with Crippen molar-refractivity contribution in [2.75, 3.05) is 0 Å². The van der Waals surface area contributed by atoms with Crippen LogP contribution in [0.15, 0.2) is 12.7 Å². The van der Waals surface area contributed by atoms with Crippen LogP contribution in [0.5, 0.6) is 0 Å². The summed E-state index contributed by atoms with van der Waals surface area (Å²) in [6.45, 7) is 6.46. The summed E-state index contributed by atoms with van der Waals surface area (Å²) in [5.41, 5.74) is -0.799. The predicted molar refractivity (Wildman–Crippen MR) is 43.1 cm³/mol. The highest BCUT2D eigenvalue weighted by Gasteiger charge is 2.22. The number of amides is 1. The van der Waals surface area contributed by atoms with Crippen LogP contribution in [0.3, 0.4) is 0 Å². The van der Waals surface area contributed by atoms with Crippen molar-refractivity contribution in [1.29, 1.82) is 0 Å². The molecule has 0 aliphatic heterocycles. The molecule has 0 aromatic carbocycles. The zero-order valence-corrected chi connectivity index (χ0v) is 7.62. The number of nitrogens with one attached hydrogen (secondary N) is 1. The summed E-state index contributed by atoms with van der Waals surface area (Å²) >= 11 is 0. The Morgan fingerprint density at radius 3 is 2.54 bits per heavy atom. The molecule has 0 radical (unpaired) electrons. The first-order chi connectivity index (χ1) is 5.91. The fourth-order valence-corrected chi connectivity index (χ4v) is 0.819. The molecular formula is C8H12NO4-. The van der Waals surface area contributed by atoms with Gasteiger partial charge in [-0.25, -0.2) is 0 Å². The number of carbonyl (C=O) groups is 2. The van der Waals surface area contributed by atoms with Gasteiger partial charge in [0.25, 0.3) is 0 Å². The smallest absolute Gasteiger partial charge is 0.302 e. The van der Waals surface area contributed by atoms with E-state index in [4.69, 9.17) is 0 Å². The number of carbonyl (C=O) groups excluding carboxylic acids is 2. The molecule has 0 atom stereocenters.